The summed E-state index contributed by atoms with van der Waals surface area (Å²) in [7, 11) is 0. The van der Waals surface area contributed by atoms with Crippen molar-refractivity contribution in [3.05, 3.63) is 11.3 Å². The number of ether oxygens (including phenoxy) is 1. The number of carboxylic acid groups (broad SMARTS) is 1. The first-order valence-electron chi connectivity index (χ1n) is 6.13. The van der Waals surface area contributed by atoms with Crippen LogP contribution in [0.2, 0.25) is 0 Å². The Morgan fingerprint density at radius 1 is 1.56 bits per heavy atom. The smallest absolute Gasteiger partial charge is 0.352 e. The Morgan fingerprint density at radius 3 is 2.89 bits per heavy atom. The van der Waals surface area contributed by atoms with Gasteiger partial charge in [-0.05, 0) is 25.3 Å². The predicted molar refractivity (Wildman–Crippen MR) is 59.4 cm³/mol. The summed E-state index contributed by atoms with van der Waals surface area (Å²) in [6.07, 6.45) is 0.302. The number of carboxylic acids is 1. The van der Waals surface area contributed by atoms with Crippen molar-refractivity contribution in [2.45, 2.75) is 38.0 Å². The lowest BCUT2D eigenvalue weighted by molar-refractivity contribution is -0.168. The molecular formula is C12H15NO5. The standard InChI is InChI=1S/C12H15NO5/c1-5(14)7-9-10-6(3-2-4-18-10)8(12(16)17)13(9)11(7)15/h5,7,9-10,14H,2-4H2,1H3,(H,16,17)/t5-,7-,9+,10-/m1/s1. The molecule has 18 heavy (non-hydrogen) atoms. The lowest BCUT2D eigenvalue weighted by Gasteiger charge is -2.46. The number of carbonyl (C=O) groups excluding carboxylic acids is 1. The van der Waals surface area contributed by atoms with Gasteiger partial charge in [-0.3, -0.25) is 9.69 Å². The first-order chi connectivity index (χ1) is 8.54. The molecule has 0 saturated carbocycles. The van der Waals surface area contributed by atoms with Gasteiger partial charge in [0.1, 0.15) is 11.8 Å². The van der Waals surface area contributed by atoms with Crippen LogP contribution in [-0.2, 0) is 14.3 Å². The van der Waals surface area contributed by atoms with Gasteiger partial charge in [0.25, 0.3) is 0 Å². The molecule has 4 atom stereocenters. The minimum Gasteiger partial charge on any atom is -0.477 e. The van der Waals surface area contributed by atoms with E-state index in [2.05, 4.69) is 0 Å². The summed E-state index contributed by atoms with van der Waals surface area (Å²) in [5, 5.41) is 18.9. The molecule has 0 bridgehead atoms. The molecule has 3 rings (SSSR count). The quantitative estimate of drug-likeness (QED) is 0.661. The van der Waals surface area contributed by atoms with Gasteiger partial charge in [-0.15, -0.1) is 0 Å². The van der Waals surface area contributed by atoms with Crippen LogP contribution in [-0.4, -0.2) is 51.8 Å². The maximum Gasteiger partial charge on any atom is 0.352 e. The van der Waals surface area contributed by atoms with Crippen LogP contribution < -0.4 is 0 Å². The minimum absolute atomic E-state index is 0.0756. The molecule has 3 heterocycles. The highest BCUT2D eigenvalue weighted by Crippen LogP contribution is 2.47. The fraction of sp³-hybridized carbons (Fsp3) is 0.667. The Balaban J connectivity index is 2.00. The molecule has 3 aliphatic heterocycles. The third-order valence-electron chi connectivity index (χ3n) is 4.00. The van der Waals surface area contributed by atoms with Crippen LogP contribution in [0, 0.1) is 5.92 Å². The van der Waals surface area contributed by atoms with Crippen molar-refractivity contribution in [3.63, 3.8) is 0 Å². The van der Waals surface area contributed by atoms with Gasteiger partial charge in [0.15, 0.2) is 0 Å². The molecule has 98 valence electrons. The maximum atomic E-state index is 12.0. The average molecular weight is 253 g/mol. The third kappa shape index (κ3) is 1.30. The molecule has 6 heteroatoms. The zero-order chi connectivity index (χ0) is 13.0. The van der Waals surface area contributed by atoms with Crippen molar-refractivity contribution < 1.29 is 24.5 Å². The van der Waals surface area contributed by atoms with Gasteiger partial charge < -0.3 is 14.9 Å². The summed E-state index contributed by atoms with van der Waals surface area (Å²) in [4.78, 5) is 24.6. The van der Waals surface area contributed by atoms with Crippen LogP contribution >= 0.6 is 0 Å². The highest BCUT2D eigenvalue weighted by Gasteiger charge is 2.61. The molecule has 0 unspecified atom stereocenters. The van der Waals surface area contributed by atoms with E-state index in [-0.39, 0.29) is 23.8 Å². The summed E-state index contributed by atoms with van der Waals surface area (Å²) < 4.78 is 5.62. The Hall–Kier alpha value is -1.40. The molecule has 1 amide bonds. The second kappa shape index (κ2) is 3.80. The Kier molecular flexibility index (Phi) is 2.46. The predicted octanol–water partition coefficient (Wildman–Crippen LogP) is -0.275. The molecule has 0 spiro atoms. The van der Waals surface area contributed by atoms with Crippen LogP contribution in [0.1, 0.15) is 19.8 Å². The van der Waals surface area contributed by atoms with Gasteiger partial charge in [-0.25, -0.2) is 4.79 Å². The third-order valence-corrected chi connectivity index (χ3v) is 4.00. The van der Waals surface area contributed by atoms with Crippen molar-refractivity contribution >= 4 is 11.9 Å². The number of carbonyl (C=O) groups is 2. The van der Waals surface area contributed by atoms with Crippen LogP contribution in [0.3, 0.4) is 0 Å². The van der Waals surface area contributed by atoms with Gasteiger partial charge in [0.2, 0.25) is 5.91 Å². The van der Waals surface area contributed by atoms with E-state index < -0.39 is 18.0 Å². The van der Waals surface area contributed by atoms with E-state index in [1.807, 2.05) is 0 Å². The summed E-state index contributed by atoms with van der Waals surface area (Å²) in [6.45, 7) is 2.13. The largest absolute Gasteiger partial charge is 0.477 e. The molecule has 3 aliphatic rings. The van der Waals surface area contributed by atoms with Gasteiger partial charge in [-0.2, -0.15) is 0 Å². The van der Waals surface area contributed by atoms with Crippen LogP contribution in [0.25, 0.3) is 0 Å². The zero-order valence-corrected chi connectivity index (χ0v) is 10.00. The van der Waals surface area contributed by atoms with Crippen LogP contribution in [0.15, 0.2) is 11.3 Å². The molecule has 0 aromatic carbocycles. The van der Waals surface area contributed by atoms with Gasteiger partial charge in [0, 0.05) is 6.61 Å². The molecule has 0 aromatic heterocycles. The topological polar surface area (TPSA) is 87.1 Å². The average Bonchev–Trinajstić information content (AvgIpc) is 2.60. The van der Waals surface area contributed by atoms with E-state index in [0.29, 0.717) is 18.6 Å². The molecule has 2 N–H and O–H groups in total. The summed E-state index contributed by atoms with van der Waals surface area (Å²) in [6, 6.07) is -0.334. The summed E-state index contributed by atoms with van der Waals surface area (Å²) >= 11 is 0. The van der Waals surface area contributed by atoms with Gasteiger partial charge >= 0.3 is 5.97 Å². The fourth-order valence-electron chi connectivity index (χ4n) is 3.28. The SMILES string of the molecule is C[C@@H](O)[C@H]1C(=O)N2C(C(=O)O)=C3CCCO[C@H]3[C@H]12. The minimum atomic E-state index is -1.08. The van der Waals surface area contributed by atoms with Crippen LogP contribution in [0.5, 0.6) is 0 Å². The second-order valence-corrected chi connectivity index (χ2v) is 5.04. The monoisotopic (exact) mass is 253 g/mol. The number of aliphatic hydroxyl groups excluding tert-OH is 1. The highest BCUT2D eigenvalue weighted by atomic mass is 16.5. The molecule has 0 aliphatic carbocycles. The van der Waals surface area contributed by atoms with E-state index in [4.69, 9.17) is 4.74 Å². The number of fused-ring (bicyclic) bond motifs is 3. The van der Waals surface area contributed by atoms with Crippen LogP contribution in [0.4, 0.5) is 0 Å². The summed E-state index contributed by atoms with van der Waals surface area (Å²) in [5.41, 5.74) is 0.779. The van der Waals surface area contributed by atoms with E-state index in [9.17, 15) is 19.8 Å². The number of rotatable bonds is 2. The van der Waals surface area contributed by atoms with Gasteiger partial charge in [-0.1, -0.05) is 0 Å². The highest BCUT2D eigenvalue weighted by molar-refractivity contribution is 6.00. The summed E-state index contributed by atoms with van der Waals surface area (Å²) in [5.74, 6) is -1.93. The normalized spacial score (nSPS) is 36.0. The van der Waals surface area contributed by atoms with E-state index in [1.165, 1.54) is 4.90 Å². The number of β-lactam (4-membered cyclic amide) rings is 1. The first kappa shape index (κ1) is 11.7. The number of hydrogen-bond donors (Lipinski definition) is 2. The van der Waals surface area contributed by atoms with Crippen molar-refractivity contribution in [2.24, 2.45) is 5.92 Å². The Morgan fingerprint density at radius 2 is 2.28 bits per heavy atom. The van der Waals surface area contributed by atoms with E-state index >= 15 is 0 Å². The van der Waals surface area contributed by atoms with Crippen molar-refractivity contribution in [2.75, 3.05) is 6.61 Å². The number of hydrogen-bond acceptors (Lipinski definition) is 4. The lowest BCUT2D eigenvalue weighted by Crippen LogP contribution is -2.65. The molecule has 6 nitrogen and oxygen atoms in total. The van der Waals surface area contributed by atoms with E-state index in [1.54, 1.807) is 6.92 Å². The van der Waals surface area contributed by atoms with Crippen molar-refractivity contribution in [3.8, 4) is 0 Å². The Bertz CT molecular complexity index is 455. The zero-order valence-electron chi connectivity index (χ0n) is 10.00. The van der Waals surface area contributed by atoms with E-state index in [0.717, 1.165) is 6.42 Å². The molecule has 2 fully saturated rings. The Labute approximate surface area is 104 Å². The first-order valence-corrected chi connectivity index (χ1v) is 6.13. The number of nitrogens with zero attached hydrogens (tertiary/aromatic N) is 1. The van der Waals surface area contributed by atoms with Crippen molar-refractivity contribution in [1.82, 2.24) is 4.90 Å². The van der Waals surface area contributed by atoms with Gasteiger partial charge in [0.05, 0.1) is 18.1 Å². The molecule has 0 radical (unpaired) electrons. The molecule has 2 saturated heterocycles. The molecular weight excluding hydrogens is 238 g/mol. The maximum absolute atomic E-state index is 12.0. The van der Waals surface area contributed by atoms with Crippen molar-refractivity contribution in [1.29, 1.82) is 0 Å². The lowest BCUT2D eigenvalue weighted by atomic mass is 9.80. The number of amides is 1. The fourth-order valence-corrected chi connectivity index (χ4v) is 3.28. The number of aliphatic hydroxyl groups is 1. The number of aliphatic carboxylic acids is 1. The second-order valence-electron chi connectivity index (χ2n) is 5.04. The molecule has 0 aromatic rings.